The Bertz CT molecular complexity index is 899. The minimum Gasteiger partial charge on any atom is -0.386 e. The molecule has 0 radical (unpaired) electrons. The first kappa shape index (κ1) is 23.7. The summed E-state index contributed by atoms with van der Waals surface area (Å²) in [7, 11) is 0. The Morgan fingerprint density at radius 1 is 1.24 bits per heavy atom. The SMILES string of the molecule is CCNC(=NCC(O)c1ccc(Cl)s1)NCCc1cnn(-c2ccccc2)c1.I. The van der Waals surface area contributed by atoms with E-state index in [1.54, 1.807) is 6.07 Å². The van der Waals surface area contributed by atoms with Crippen molar-refractivity contribution in [1.82, 2.24) is 20.4 Å². The number of aliphatic imine (C=N–C) groups is 1. The molecule has 2 aromatic heterocycles. The van der Waals surface area contributed by atoms with Crippen molar-refractivity contribution >= 4 is 52.9 Å². The van der Waals surface area contributed by atoms with Crippen LogP contribution in [0.25, 0.3) is 5.69 Å². The number of nitrogens with zero attached hydrogens (tertiary/aromatic N) is 3. The average molecular weight is 546 g/mol. The van der Waals surface area contributed by atoms with Crippen LogP contribution in [0.3, 0.4) is 0 Å². The lowest BCUT2D eigenvalue weighted by Gasteiger charge is -2.12. The summed E-state index contributed by atoms with van der Waals surface area (Å²) < 4.78 is 2.54. The van der Waals surface area contributed by atoms with Crippen LogP contribution in [0.5, 0.6) is 0 Å². The summed E-state index contributed by atoms with van der Waals surface area (Å²) in [5, 5.41) is 21.2. The smallest absolute Gasteiger partial charge is 0.191 e. The van der Waals surface area contributed by atoms with Crippen molar-refractivity contribution < 1.29 is 5.11 Å². The molecule has 0 saturated heterocycles. The van der Waals surface area contributed by atoms with E-state index in [2.05, 4.69) is 20.7 Å². The summed E-state index contributed by atoms with van der Waals surface area (Å²) in [4.78, 5) is 5.29. The minimum atomic E-state index is -0.655. The standard InChI is InChI=1S/C20H24ClN5OS.HI/c1-2-22-20(24-13-17(27)18-8-9-19(21)28-18)23-11-10-15-12-25-26(14-15)16-6-4-3-5-7-16;/h3-9,12,14,17,27H,2,10-11,13H2,1H3,(H2,22,23,24);1H. The van der Waals surface area contributed by atoms with Gasteiger partial charge in [0.1, 0.15) is 6.10 Å². The lowest BCUT2D eigenvalue weighted by molar-refractivity contribution is 0.191. The van der Waals surface area contributed by atoms with Crippen molar-refractivity contribution in [3.63, 3.8) is 0 Å². The molecule has 3 aromatic rings. The maximum Gasteiger partial charge on any atom is 0.191 e. The number of para-hydroxylation sites is 1. The normalized spacial score (nSPS) is 12.3. The molecule has 1 unspecified atom stereocenters. The Kier molecular flexibility index (Phi) is 9.92. The fourth-order valence-electron chi connectivity index (χ4n) is 2.65. The number of halogens is 2. The molecule has 9 heteroatoms. The first-order valence-electron chi connectivity index (χ1n) is 9.20. The van der Waals surface area contributed by atoms with Gasteiger partial charge in [-0.15, -0.1) is 35.3 Å². The van der Waals surface area contributed by atoms with Gasteiger partial charge >= 0.3 is 0 Å². The van der Waals surface area contributed by atoms with E-state index in [9.17, 15) is 5.11 Å². The summed E-state index contributed by atoms with van der Waals surface area (Å²) in [5.41, 5.74) is 2.18. The van der Waals surface area contributed by atoms with E-state index in [1.807, 2.05) is 60.4 Å². The molecule has 0 fully saturated rings. The van der Waals surface area contributed by atoms with E-state index in [1.165, 1.54) is 11.3 Å². The predicted molar refractivity (Wildman–Crippen MR) is 131 cm³/mol. The summed E-state index contributed by atoms with van der Waals surface area (Å²) in [5.74, 6) is 0.680. The van der Waals surface area contributed by atoms with E-state index < -0.39 is 6.10 Å². The Morgan fingerprint density at radius 2 is 2.03 bits per heavy atom. The second-order valence-electron chi connectivity index (χ2n) is 6.18. The molecule has 0 aliphatic heterocycles. The first-order valence-corrected chi connectivity index (χ1v) is 10.4. The lowest BCUT2D eigenvalue weighted by Crippen LogP contribution is -2.38. The molecular formula is C20H25ClIN5OS. The van der Waals surface area contributed by atoms with Crippen molar-refractivity contribution in [3.8, 4) is 5.69 Å². The summed E-state index contributed by atoms with van der Waals surface area (Å²) in [6, 6.07) is 13.6. The monoisotopic (exact) mass is 545 g/mol. The van der Waals surface area contributed by atoms with E-state index in [0.29, 0.717) is 16.8 Å². The molecule has 6 nitrogen and oxygen atoms in total. The maximum absolute atomic E-state index is 10.2. The van der Waals surface area contributed by atoms with Crippen LogP contribution >= 0.6 is 46.9 Å². The van der Waals surface area contributed by atoms with E-state index in [-0.39, 0.29) is 30.5 Å². The highest BCUT2D eigenvalue weighted by atomic mass is 127. The Morgan fingerprint density at radius 3 is 2.72 bits per heavy atom. The fourth-order valence-corrected chi connectivity index (χ4v) is 3.69. The second-order valence-corrected chi connectivity index (χ2v) is 7.93. The maximum atomic E-state index is 10.2. The number of hydrogen-bond donors (Lipinski definition) is 3. The number of thiophene rings is 1. The molecule has 0 spiro atoms. The molecule has 2 heterocycles. The van der Waals surface area contributed by atoms with Crippen LogP contribution in [0.4, 0.5) is 0 Å². The van der Waals surface area contributed by atoms with Gasteiger partial charge in [0.15, 0.2) is 5.96 Å². The van der Waals surface area contributed by atoms with E-state index in [4.69, 9.17) is 11.6 Å². The summed E-state index contributed by atoms with van der Waals surface area (Å²) in [6.07, 6.45) is 4.08. The average Bonchev–Trinajstić information content (AvgIpc) is 3.36. The van der Waals surface area contributed by atoms with Crippen molar-refractivity contribution in [2.24, 2.45) is 4.99 Å². The van der Waals surface area contributed by atoms with Gasteiger partial charge < -0.3 is 15.7 Å². The number of aliphatic hydroxyl groups is 1. The van der Waals surface area contributed by atoms with Gasteiger partial charge in [-0.25, -0.2) is 4.68 Å². The van der Waals surface area contributed by atoms with Crippen LogP contribution < -0.4 is 10.6 Å². The van der Waals surface area contributed by atoms with Crippen LogP contribution in [-0.2, 0) is 6.42 Å². The number of aromatic nitrogens is 2. The van der Waals surface area contributed by atoms with Gasteiger partial charge in [-0.05, 0) is 43.2 Å². The Hall–Kier alpha value is -1.62. The molecule has 0 amide bonds. The zero-order valence-corrected chi connectivity index (χ0v) is 20.0. The van der Waals surface area contributed by atoms with Crippen LogP contribution in [0, 0.1) is 0 Å². The highest BCUT2D eigenvalue weighted by molar-refractivity contribution is 14.0. The third-order valence-corrected chi connectivity index (χ3v) is 5.38. The van der Waals surface area contributed by atoms with E-state index >= 15 is 0 Å². The lowest BCUT2D eigenvalue weighted by atomic mass is 10.2. The number of hydrogen-bond acceptors (Lipinski definition) is 4. The van der Waals surface area contributed by atoms with Gasteiger partial charge in [-0.3, -0.25) is 4.99 Å². The van der Waals surface area contributed by atoms with Gasteiger partial charge in [-0.2, -0.15) is 5.10 Å². The number of aliphatic hydroxyl groups excluding tert-OH is 1. The minimum absolute atomic E-state index is 0. The predicted octanol–water partition coefficient (Wildman–Crippen LogP) is 4.04. The molecule has 0 aliphatic carbocycles. The zero-order chi connectivity index (χ0) is 19.8. The highest BCUT2D eigenvalue weighted by Crippen LogP contribution is 2.26. The van der Waals surface area contributed by atoms with Crippen molar-refractivity contribution in [2.45, 2.75) is 19.4 Å². The van der Waals surface area contributed by atoms with Gasteiger partial charge in [0.05, 0.1) is 22.8 Å². The van der Waals surface area contributed by atoms with Gasteiger partial charge in [-0.1, -0.05) is 29.8 Å². The fraction of sp³-hybridized carbons (Fsp3) is 0.300. The topological polar surface area (TPSA) is 74.5 Å². The number of guanidine groups is 1. The van der Waals surface area contributed by atoms with Crippen LogP contribution in [0.1, 0.15) is 23.5 Å². The van der Waals surface area contributed by atoms with Crippen molar-refractivity contribution in [3.05, 3.63) is 69.6 Å². The first-order chi connectivity index (χ1) is 13.7. The van der Waals surface area contributed by atoms with Crippen molar-refractivity contribution in [1.29, 1.82) is 0 Å². The molecule has 0 saturated carbocycles. The molecule has 29 heavy (non-hydrogen) atoms. The molecular weight excluding hydrogens is 521 g/mol. The third-order valence-electron chi connectivity index (χ3n) is 4.05. The van der Waals surface area contributed by atoms with Crippen molar-refractivity contribution in [2.75, 3.05) is 19.6 Å². The molecule has 3 N–H and O–H groups in total. The largest absolute Gasteiger partial charge is 0.386 e. The number of benzene rings is 1. The van der Waals surface area contributed by atoms with Crippen LogP contribution in [0.2, 0.25) is 4.34 Å². The second kappa shape index (κ2) is 12.2. The third kappa shape index (κ3) is 7.29. The highest BCUT2D eigenvalue weighted by Gasteiger charge is 2.10. The molecule has 1 aromatic carbocycles. The van der Waals surface area contributed by atoms with Gasteiger partial charge in [0, 0.05) is 24.2 Å². The number of nitrogens with one attached hydrogen (secondary N) is 2. The quantitative estimate of drug-likeness (QED) is 0.227. The molecule has 3 rings (SSSR count). The Balaban J connectivity index is 0.00000300. The Labute approximate surface area is 197 Å². The summed E-state index contributed by atoms with van der Waals surface area (Å²) in [6.45, 7) is 3.75. The summed E-state index contributed by atoms with van der Waals surface area (Å²) >= 11 is 7.30. The van der Waals surface area contributed by atoms with Gasteiger partial charge in [0.2, 0.25) is 0 Å². The molecule has 1 atom stereocenters. The van der Waals surface area contributed by atoms with Gasteiger partial charge in [0.25, 0.3) is 0 Å². The number of rotatable bonds is 8. The molecule has 0 bridgehead atoms. The molecule has 156 valence electrons. The van der Waals surface area contributed by atoms with Crippen LogP contribution in [0.15, 0.2) is 59.9 Å². The van der Waals surface area contributed by atoms with E-state index in [0.717, 1.165) is 29.1 Å². The molecule has 0 aliphatic rings. The van der Waals surface area contributed by atoms with Crippen LogP contribution in [-0.4, -0.2) is 40.5 Å². The zero-order valence-electron chi connectivity index (χ0n) is 16.1.